The van der Waals surface area contributed by atoms with E-state index >= 15 is 0 Å². The average molecular weight is 350 g/mol. The Bertz CT molecular complexity index is 872. The zero-order chi connectivity index (χ0) is 16.4. The van der Waals surface area contributed by atoms with Gasteiger partial charge in [-0.2, -0.15) is 9.61 Å². The molecule has 0 aliphatic carbocycles. The van der Waals surface area contributed by atoms with Gasteiger partial charge in [0, 0.05) is 16.7 Å². The van der Waals surface area contributed by atoms with E-state index in [1.165, 1.54) is 21.4 Å². The number of fused-ring (bicyclic) bond motifs is 1. The van der Waals surface area contributed by atoms with Crippen LogP contribution < -0.4 is 10.9 Å². The first kappa shape index (κ1) is 16.1. The fourth-order valence-corrected chi connectivity index (χ4v) is 3.33. The molecule has 1 atom stereocenters. The SMILES string of the molecule is CCc1nn2c(=O)cc(C[NH2+][C@@H](C)c3ccc(Cl)cc3)nc2s1. The van der Waals surface area contributed by atoms with Crippen LogP contribution in [-0.4, -0.2) is 14.6 Å². The van der Waals surface area contributed by atoms with Gasteiger partial charge < -0.3 is 5.32 Å². The molecule has 0 spiro atoms. The van der Waals surface area contributed by atoms with E-state index in [-0.39, 0.29) is 11.6 Å². The van der Waals surface area contributed by atoms with Gasteiger partial charge in [-0.25, -0.2) is 4.98 Å². The highest BCUT2D eigenvalue weighted by Gasteiger charge is 2.12. The third-order valence-corrected chi connectivity index (χ3v) is 5.02. The molecule has 23 heavy (non-hydrogen) atoms. The lowest BCUT2D eigenvalue weighted by Crippen LogP contribution is -2.83. The minimum absolute atomic E-state index is 0.117. The molecule has 7 heteroatoms. The molecular formula is C16H18ClN4OS+. The lowest BCUT2D eigenvalue weighted by atomic mass is 10.1. The van der Waals surface area contributed by atoms with Gasteiger partial charge in [0.1, 0.15) is 23.3 Å². The Hall–Kier alpha value is -1.76. The Kier molecular flexibility index (Phi) is 4.75. The predicted octanol–water partition coefficient (Wildman–Crippen LogP) is 2.19. The maximum Gasteiger partial charge on any atom is 0.275 e. The maximum absolute atomic E-state index is 12.1. The monoisotopic (exact) mass is 349 g/mol. The molecular weight excluding hydrogens is 332 g/mol. The number of hydrogen-bond donors (Lipinski definition) is 1. The van der Waals surface area contributed by atoms with Gasteiger partial charge in [-0.3, -0.25) is 4.79 Å². The van der Waals surface area contributed by atoms with Gasteiger partial charge in [-0.15, -0.1) is 0 Å². The van der Waals surface area contributed by atoms with Crippen molar-refractivity contribution in [2.45, 2.75) is 32.9 Å². The lowest BCUT2D eigenvalue weighted by Gasteiger charge is -2.10. The van der Waals surface area contributed by atoms with Crippen molar-refractivity contribution in [3.05, 3.63) is 62.0 Å². The predicted molar refractivity (Wildman–Crippen MR) is 92.0 cm³/mol. The minimum atomic E-state index is -0.117. The summed E-state index contributed by atoms with van der Waals surface area (Å²) in [6.45, 7) is 4.79. The second-order valence-electron chi connectivity index (χ2n) is 5.41. The molecule has 0 fully saturated rings. The van der Waals surface area contributed by atoms with Gasteiger partial charge in [0.05, 0.1) is 0 Å². The highest BCUT2D eigenvalue weighted by atomic mass is 35.5. The molecule has 0 radical (unpaired) electrons. The van der Waals surface area contributed by atoms with Crippen LogP contribution in [0, 0.1) is 0 Å². The molecule has 1 aromatic carbocycles. The van der Waals surface area contributed by atoms with Crippen LogP contribution in [0.5, 0.6) is 0 Å². The van der Waals surface area contributed by atoms with E-state index in [0.29, 0.717) is 11.5 Å². The molecule has 2 N–H and O–H groups in total. The fourth-order valence-electron chi connectivity index (χ4n) is 2.34. The molecule has 0 saturated heterocycles. The summed E-state index contributed by atoms with van der Waals surface area (Å²) >= 11 is 7.38. The third-order valence-electron chi connectivity index (χ3n) is 3.72. The minimum Gasteiger partial charge on any atom is -0.335 e. The fraction of sp³-hybridized carbons (Fsp3) is 0.312. The normalized spacial score (nSPS) is 12.7. The van der Waals surface area contributed by atoms with Gasteiger partial charge in [-0.1, -0.05) is 42.0 Å². The van der Waals surface area contributed by atoms with Crippen LogP contribution in [0.4, 0.5) is 0 Å². The second kappa shape index (κ2) is 6.78. The van der Waals surface area contributed by atoms with Crippen LogP contribution in [0.1, 0.15) is 36.2 Å². The molecule has 5 nitrogen and oxygen atoms in total. The smallest absolute Gasteiger partial charge is 0.275 e. The number of nitrogens with two attached hydrogens (primary N) is 1. The molecule has 120 valence electrons. The first-order valence-corrected chi connectivity index (χ1v) is 8.73. The number of halogens is 1. The van der Waals surface area contributed by atoms with Crippen molar-refractivity contribution < 1.29 is 5.32 Å². The Morgan fingerprint density at radius 1 is 1.35 bits per heavy atom. The van der Waals surface area contributed by atoms with Crippen LogP contribution >= 0.6 is 22.9 Å². The number of aryl methyl sites for hydroxylation is 1. The van der Waals surface area contributed by atoms with Crippen molar-refractivity contribution in [2.75, 3.05) is 0 Å². The first-order chi connectivity index (χ1) is 11.1. The molecule has 0 aliphatic heterocycles. The van der Waals surface area contributed by atoms with Crippen molar-refractivity contribution in [3.63, 3.8) is 0 Å². The van der Waals surface area contributed by atoms with Crippen molar-refractivity contribution in [3.8, 4) is 0 Å². The quantitative estimate of drug-likeness (QED) is 0.768. The zero-order valence-corrected chi connectivity index (χ0v) is 14.6. The number of hydrogen-bond acceptors (Lipinski definition) is 4. The van der Waals surface area contributed by atoms with Crippen LogP contribution in [0.3, 0.4) is 0 Å². The van der Waals surface area contributed by atoms with E-state index in [9.17, 15) is 4.79 Å². The third kappa shape index (κ3) is 3.60. The molecule has 3 aromatic rings. The number of nitrogens with zero attached hydrogens (tertiary/aromatic N) is 3. The van der Waals surface area contributed by atoms with Gasteiger partial charge >= 0.3 is 0 Å². The van der Waals surface area contributed by atoms with E-state index in [1.54, 1.807) is 6.07 Å². The second-order valence-corrected chi connectivity index (χ2v) is 6.89. The van der Waals surface area contributed by atoms with Crippen LogP contribution in [-0.2, 0) is 13.0 Å². The standard InChI is InChI=1S/C16H17ClN4OS/c1-3-14-20-21-15(22)8-13(19-16(21)23-14)9-18-10(2)11-4-6-12(17)7-5-11/h4-8,10,18H,3,9H2,1-2H3/p+1/t10-/m0/s1. The molecule has 2 heterocycles. The summed E-state index contributed by atoms with van der Waals surface area (Å²) in [6.07, 6.45) is 0.808. The summed E-state index contributed by atoms with van der Waals surface area (Å²) in [6, 6.07) is 9.65. The van der Waals surface area contributed by atoms with E-state index in [1.807, 2.05) is 31.2 Å². The summed E-state index contributed by atoms with van der Waals surface area (Å²) in [5, 5.41) is 8.07. The Morgan fingerprint density at radius 2 is 2.09 bits per heavy atom. The molecule has 0 bridgehead atoms. The largest absolute Gasteiger partial charge is 0.335 e. The average Bonchev–Trinajstić information content (AvgIpc) is 2.97. The Labute approximate surface area is 143 Å². The van der Waals surface area contributed by atoms with E-state index in [4.69, 9.17) is 11.6 Å². The molecule has 3 rings (SSSR count). The molecule has 0 aliphatic rings. The topological polar surface area (TPSA) is 63.9 Å². The van der Waals surface area contributed by atoms with Gasteiger partial charge in [-0.05, 0) is 25.5 Å². The first-order valence-electron chi connectivity index (χ1n) is 7.54. The van der Waals surface area contributed by atoms with Crippen molar-refractivity contribution in [1.82, 2.24) is 14.6 Å². The van der Waals surface area contributed by atoms with Crippen molar-refractivity contribution in [2.24, 2.45) is 0 Å². The number of quaternary nitrogens is 1. The van der Waals surface area contributed by atoms with Crippen LogP contribution in [0.2, 0.25) is 5.02 Å². The Balaban J connectivity index is 1.76. The maximum atomic E-state index is 12.1. The molecule has 0 unspecified atom stereocenters. The summed E-state index contributed by atoms with van der Waals surface area (Å²) in [7, 11) is 0. The highest BCUT2D eigenvalue weighted by Crippen LogP contribution is 2.14. The van der Waals surface area contributed by atoms with Gasteiger partial charge in [0.25, 0.3) is 5.56 Å². The van der Waals surface area contributed by atoms with Crippen molar-refractivity contribution in [1.29, 1.82) is 0 Å². The zero-order valence-electron chi connectivity index (χ0n) is 13.0. The number of aromatic nitrogens is 3. The summed E-state index contributed by atoms with van der Waals surface area (Å²) < 4.78 is 1.38. The van der Waals surface area contributed by atoms with Gasteiger partial charge in [0.15, 0.2) is 0 Å². The number of benzene rings is 1. The highest BCUT2D eigenvalue weighted by molar-refractivity contribution is 7.16. The Morgan fingerprint density at radius 3 is 2.78 bits per heavy atom. The van der Waals surface area contributed by atoms with E-state index in [2.05, 4.69) is 22.3 Å². The van der Waals surface area contributed by atoms with Crippen LogP contribution in [0.25, 0.3) is 4.96 Å². The molecule has 0 saturated carbocycles. The number of rotatable bonds is 5. The molecule has 2 aromatic heterocycles. The van der Waals surface area contributed by atoms with Crippen LogP contribution in [0.15, 0.2) is 35.1 Å². The lowest BCUT2D eigenvalue weighted by molar-refractivity contribution is -0.708. The summed E-state index contributed by atoms with van der Waals surface area (Å²) in [4.78, 5) is 17.3. The summed E-state index contributed by atoms with van der Waals surface area (Å²) in [5.74, 6) is 0. The summed E-state index contributed by atoms with van der Waals surface area (Å²) in [5.41, 5.74) is 1.86. The molecule has 0 amide bonds. The van der Waals surface area contributed by atoms with E-state index < -0.39 is 0 Å². The van der Waals surface area contributed by atoms with Gasteiger partial charge in [0.2, 0.25) is 4.96 Å². The van der Waals surface area contributed by atoms with Crippen molar-refractivity contribution >= 4 is 27.9 Å². The van der Waals surface area contributed by atoms with E-state index in [0.717, 1.165) is 22.1 Å².